The Labute approximate surface area is 75.0 Å². The van der Waals surface area contributed by atoms with E-state index in [1.807, 2.05) is 41.5 Å². The predicted octanol–water partition coefficient (Wildman–Crippen LogP) is 2.01. The molecular weight excluding hydrogens is 152 g/mol. The minimum atomic E-state index is -1.26. The lowest BCUT2D eigenvalue weighted by molar-refractivity contribution is -0.157. The average molecular weight is 172 g/mol. The van der Waals surface area contributed by atoms with E-state index in [1.54, 1.807) is 0 Å². The lowest BCUT2D eigenvalue weighted by atomic mass is 9.63. The number of hydrogen-bond acceptors (Lipinski definition) is 2. The Balaban J connectivity index is 5.09. The smallest absolute Gasteiger partial charge is 0.152 e. The third-order valence-electron chi connectivity index (χ3n) is 2.46. The maximum Gasteiger partial charge on any atom is 0.152 e. The maximum absolute atomic E-state index is 10.9. The molecule has 0 aromatic carbocycles. The minimum Gasteiger partial charge on any atom is -0.381 e. The van der Waals surface area contributed by atoms with E-state index in [1.165, 1.54) is 0 Å². The highest BCUT2D eigenvalue weighted by Crippen LogP contribution is 2.42. The van der Waals surface area contributed by atoms with Gasteiger partial charge in [-0.05, 0) is 10.8 Å². The largest absolute Gasteiger partial charge is 0.381 e. The number of hydrogen-bond donors (Lipinski definition) is 1. The molecule has 0 amide bonds. The van der Waals surface area contributed by atoms with Crippen LogP contribution in [0.3, 0.4) is 0 Å². The van der Waals surface area contributed by atoms with E-state index in [4.69, 9.17) is 0 Å². The van der Waals surface area contributed by atoms with Crippen LogP contribution in [0.15, 0.2) is 0 Å². The van der Waals surface area contributed by atoms with Gasteiger partial charge in [0, 0.05) is 0 Å². The van der Waals surface area contributed by atoms with E-state index in [0.29, 0.717) is 6.29 Å². The molecule has 0 fully saturated rings. The Hall–Kier alpha value is -0.370. The quantitative estimate of drug-likeness (QED) is 0.614. The first-order valence-electron chi connectivity index (χ1n) is 4.25. The third-order valence-corrected chi connectivity index (χ3v) is 2.46. The van der Waals surface area contributed by atoms with E-state index < -0.39 is 16.4 Å². The van der Waals surface area contributed by atoms with Gasteiger partial charge in [0.25, 0.3) is 0 Å². The molecule has 2 heteroatoms. The SMILES string of the molecule is CC(C)(C)C(O)(C=O)C(C)(C)C. The van der Waals surface area contributed by atoms with Gasteiger partial charge in [-0.2, -0.15) is 0 Å². The van der Waals surface area contributed by atoms with Crippen LogP contribution in [-0.2, 0) is 4.79 Å². The summed E-state index contributed by atoms with van der Waals surface area (Å²) >= 11 is 0. The molecule has 12 heavy (non-hydrogen) atoms. The van der Waals surface area contributed by atoms with Gasteiger partial charge in [-0.3, -0.25) is 0 Å². The van der Waals surface area contributed by atoms with Crippen molar-refractivity contribution < 1.29 is 9.90 Å². The summed E-state index contributed by atoms with van der Waals surface area (Å²) in [5.74, 6) is 0. The fourth-order valence-electron chi connectivity index (χ4n) is 1.48. The second-order valence-electron chi connectivity index (χ2n) is 5.38. The topological polar surface area (TPSA) is 37.3 Å². The molecule has 1 N–H and O–H groups in total. The van der Waals surface area contributed by atoms with Crippen LogP contribution in [0.5, 0.6) is 0 Å². The van der Waals surface area contributed by atoms with Gasteiger partial charge in [0.2, 0.25) is 0 Å². The van der Waals surface area contributed by atoms with Crippen molar-refractivity contribution in [3.05, 3.63) is 0 Å². The summed E-state index contributed by atoms with van der Waals surface area (Å²) in [6, 6.07) is 0. The molecule has 72 valence electrons. The Kier molecular flexibility index (Phi) is 2.75. The molecule has 0 atom stereocenters. The molecule has 0 saturated heterocycles. The van der Waals surface area contributed by atoms with Gasteiger partial charge in [0.05, 0.1) is 0 Å². The van der Waals surface area contributed by atoms with Crippen molar-refractivity contribution in [1.29, 1.82) is 0 Å². The van der Waals surface area contributed by atoms with Crippen molar-refractivity contribution in [2.75, 3.05) is 0 Å². The third kappa shape index (κ3) is 1.69. The Morgan fingerprint density at radius 3 is 1.17 bits per heavy atom. The first-order valence-corrected chi connectivity index (χ1v) is 4.25. The molecule has 2 nitrogen and oxygen atoms in total. The maximum atomic E-state index is 10.9. The van der Waals surface area contributed by atoms with Crippen molar-refractivity contribution >= 4 is 6.29 Å². The number of carbonyl (C=O) groups is 1. The monoisotopic (exact) mass is 172 g/mol. The summed E-state index contributed by atoms with van der Waals surface area (Å²) in [6.07, 6.45) is 0.660. The number of rotatable bonds is 1. The van der Waals surface area contributed by atoms with Gasteiger partial charge < -0.3 is 9.90 Å². The Bertz CT molecular complexity index is 155. The van der Waals surface area contributed by atoms with Crippen LogP contribution >= 0.6 is 0 Å². The molecule has 0 aromatic heterocycles. The number of aldehydes is 1. The van der Waals surface area contributed by atoms with Gasteiger partial charge >= 0.3 is 0 Å². The molecule has 0 spiro atoms. The first-order chi connectivity index (χ1) is 5.06. The lowest BCUT2D eigenvalue weighted by Crippen LogP contribution is -2.54. The van der Waals surface area contributed by atoms with E-state index in [0.717, 1.165) is 0 Å². The van der Waals surface area contributed by atoms with Gasteiger partial charge in [0.15, 0.2) is 6.29 Å². The molecule has 0 unspecified atom stereocenters. The zero-order valence-corrected chi connectivity index (χ0v) is 8.93. The van der Waals surface area contributed by atoms with Crippen molar-refractivity contribution in [2.45, 2.75) is 47.1 Å². The number of aliphatic hydroxyl groups is 1. The fourth-order valence-corrected chi connectivity index (χ4v) is 1.48. The standard InChI is InChI=1S/C10H20O2/c1-8(2,3)10(12,7-11)9(4,5)6/h7,12H,1-6H3. The molecular formula is C10H20O2. The zero-order valence-electron chi connectivity index (χ0n) is 8.93. The normalized spacial score (nSPS) is 14.6. The molecule has 0 rings (SSSR count). The van der Waals surface area contributed by atoms with Crippen LogP contribution in [0.4, 0.5) is 0 Å². The van der Waals surface area contributed by atoms with Crippen molar-refractivity contribution in [1.82, 2.24) is 0 Å². The zero-order chi connectivity index (χ0) is 10.2. The Morgan fingerprint density at radius 2 is 1.17 bits per heavy atom. The van der Waals surface area contributed by atoms with Gasteiger partial charge in [-0.1, -0.05) is 41.5 Å². The van der Waals surface area contributed by atoms with Gasteiger partial charge in [-0.15, -0.1) is 0 Å². The summed E-state index contributed by atoms with van der Waals surface area (Å²) in [4.78, 5) is 10.9. The molecule has 0 aliphatic heterocycles. The highest BCUT2D eigenvalue weighted by molar-refractivity contribution is 5.65. The van der Waals surface area contributed by atoms with Crippen molar-refractivity contribution in [3.8, 4) is 0 Å². The van der Waals surface area contributed by atoms with Crippen LogP contribution in [0.25, 0.3) is 0 Å². The first kappa shape index (κ1) is 11.6. The number of carbonyl (C=O) groups excluding carboxylic acids is 1. The second-order valence-corrected chi connectivity index (χ2v) is 5.38. The average Bonchev–Trinajstić information content (AvgIpc) is 1.81. The van der Waals surface area contributed by atoms with E-state index in [-0.39, 0.29) is 0 Å². The molecule has 0 aliphatic carbocycles. The van der Waals surface area contributed by atoms with Gasteiger partial charge in [0.1, 0.15) is 5.60 Å². The van der Waals surface area contributed by atoms with E-state index in [9.17, 15) is 9.90 Å². The van der Waals surface area contributed by atoms with Gasteiger partial charge in [-0.25, -0.2) is 0 Å². The van der Waals surface area contributed by atoms with Crippen LogP contribution in [-0.4, -0.2) is 17.0 Å². The molecule has 0 radical (unpaired) electrons. The van der Waals surface area contributed by atoms with E-state index >= 15 is 0 Å². The predicted molar refractivity (Wildman–Crippen MR) is 49.9 cm³/mol. The fraction of sp³-hybridized carbons (Fsp3) is 0.900. The summed E-state index contributed by atoms with van der Waals surface area (Å²) in [6.45, 7) is 11.2. The summed E-state index contributed by atoms with van der Waals surface area (Å²) in [5, 5.41) is 10.1. The molecule has 0 aromatic rings. The van der Waals surface area contributed by atoms with Crippen LogP contribution in [0.2, 0.25) is 0 Å². The minimum absolute atomic E-state index is 0.424. The highest BCUT2D eigenvalue weighted by atomic mass is 16.3. The summed E-state index contributed by atoms with van der Waals surface area (Å²) in [7, 11) is 0. The second kappa shape index (κ2) is 2.84. The molecule has 0 saturated carbocycles. The summed E-state index contributed by atoms with van der Waals surface area (Å²) < 4.78 is 0. The van der Waals surface area contributed by atoms with E-state index in [2.05, 4.69) is 0 Å². The van der Waals surface area contributed by atoms with Crippen molar-refractivity contribution in [2.24, 2.45) is 10.8 Å². The van der Waals surface area contributed by atoms with Crippen LogP contribution < -0.4 is 0 Å². The van der Waals surface area contributed by atoms with Crippen LogP contribution in [0, 0.1) is 10.8 Å². The molecule has 0 bridgehead atoms. The highest BCUT2D eigenvalue weighted by Gasteiger charge is 2.49. The van der Waals surface area contributed by atoms with Crippen molar-refractivity contribution in [3.63, 3.8) is 0 Å². The van der Waals surface area contributed by atoms with Crippen LogP contribution in [0.1, 0.15) is 41.5 Å². The molecule has 0 heterocycles. The lowest BCUT2D eigenvalue weighted by Gasteiger charge is -2.45. The summed E-state index contributed by atoms with van der Waals surface area (Å²) in [5.41, 5.74) is -2.11. The molecule has 0 aliphatic rings. The Morgan fingerprint density at radius 1 is 0.917 bits per heavy atom.